The van der Waals surface area contributed by atoms with Crippen LogP contribution in [0.15, 0.2) is 36.4 Å². The van der Waals surface area contributed by atoms with Crippen molar-refractivity contribution in [1.82, 2.24) is 0 Å². The number of ether oxygens (including phenoxy) is 1. The molecule has 1 atom stereocenters. The quantitative estimate of drug-likeness (QED) is 0.910. The van der Waals surface area contributed by atoms with E-state index in [1.54, 1.807) is 25.1 Å². The van der Waals surface area contributed by atoms with Gasteiger partial charge in [0, 0.05) is 6.04 Å². The van der Waals surface area contributed by atoms with Crippen LogP contribution in [0.3, 0.4) is 0 Å². The smallest absolute Gasteiger partial charge is 0.165 e. The SMILES string of the molecule is Cc1cc(F)ccc1COc1ccc(CC(C)N)cc1F. The van der Waals surface area contributed by atoms with Gasteiger partial charge in [0.05, 0.1) is 0 Å². The Morgan fingerprint density at radius 3 is 2.52 bits per heavy atom. The first-order valence-corrected chi connectivity index (χ1v) is 6.87. The molecule has 2 nitrogen and oxygen atoms in total. The minimum atomic E-state index is -0.409. The second kappa shape index (κ2) is 6.68. The topological polar surface area (TPSA) is 35.2 Å². The summed E-state index contributed by atoms with van der Waals surface area (Å²) in [6.07, 6.45) is 0.619. The summed E-state index contributed by atoms with van der Waals surface area (Å²) in [5.41, 5.74) is 8.14. The molecule has 0 aliphatic heterocycles. The molecule has 0 heterocycles. The van der Waals surface area contributed by atoms with Crippen molar-refractivity contribution in [2.24, 2.45) is 5.73 Å². The monoisotopic (exact) mass is 291 g/mol. The lowest BCUT2D eigenvalue weighted by molar-refractivity contribution is 0.289. The Morgan fingerprint density at radius 1 is 1.14 bits per heavy atom. The lowest BCUT2D eigenvalue weighted by Crippen LogP contribution is -2.17. The molecule has 0 saturated carbocycles. The summed E-state index contributed by atoms with van der Waals surface area (Å²) < 4.78 is 32.4. The summed E-state index contributed by atoms with van der Waals surface area (Å²) in [6.45, 7) is 3.87. The number of aryl methyl sites for hydroxylation is 1. The Balaban J connectivity index is 2.06. The second-order valence-electron chi connectivity index (χ2n) is 5.31. The van der Waals surface area contributed by atoms with Gasteiger partial charge in [-0.05, 0) is 61.2 Å². The van der Waals surface area contributed by atoms with Crippen molar-refractivity contribution in [3.63, 3.8) is 0 Å². The lowest BCUT2D eigenvalue weighted by Gasteiger charge is -2.11. The fourth-order valence-electron chi connectivity index (χ4n) is 2.14. The molecule has 0 fully saturated rings. The Bertz CT molecular complexity index is 626. The van der Waals surface area contributed by atoms with Gasteiger partial charge < -0.3 is 10.5 Å². The van der Waals surface area contributed by atoms with Crippen molar-refractivity contribution in [2.75, 3.05) is 0 Å². The highest BCUT2D eigenvalue weighted by molar-refractivity contribution is 5.31. The molecule has 2 aromatic carbocycles. The number of rotatable bonds is 5. The van der Waals surface area contributed by atoms with Gasteiger partial charge in [0.25, 0.3) is 0 Å². The normalized spacial score (nSPS) is 12.2. The molecular weight excluding hydrogens is 272 g/mol. The van der Waals surface area contributed by atoms with Gasteiger partial charge in [0.2, 0.25) is 0 Å². The fourth-order valence-corrected chi connectivity index (χ4v) is 2.14. The highest BCUT2D eigenvalue weighted by Crippen LogP contribution is 2.21. The molecule has 0 bridgehead atoms. The van der Waals surface area contributed by atoms with Crippen molar-refractivity contribution >= 4 is 0 Å². The van der Waals surface area contributed by atoms with E-state index in [9.17, 15) is 8.78 Å². The molecule has 0 aliphatic carbocycles. The predicted molar refractivity (Wildman–Crippen MR) is 79.2 cm³/mol. The average Bonchev–Trinajstić information content (AvgIpc) is 2.39. The zero-order chi connectivity index (χ0) is 15.4. The van der Waals surface area contributed by atoms with E-state index >= 15 is 0 Å². The number of nitrogens with two attached hydrogens (primary N) is 1. The van der Waals surface area contributed by atoms with E-state index < -0.39 is 5.82 Å². The molecule has 2 rings (SSSR count). The summed E-state index contributed by atoms with van der Waals surface area (Å²) in [4.78, 5) is 0. The molecule has 2 N–H and O–H groups in total. The summed E-state index contributed by atoms with van der Waals surface area (Å²) in [5.74, 6) is -0.511. The third-order valence-electron chi connectivity index (χ3n) is 3.24. The fraction of sp³-hybridized carbons (Fsp3) is 0.294. The number of benzene rings is 2. The maximum absolute atomic E-state index is 13.9. The van der Waals surface area contributed by atoms with Crippen LogP contribution in [0.1, 0.15) is 23.6 Å². The third-order valence-corrected chi connectivity index (χ3v) is 3.24. The average molecular weight is 291 g/mol. The Morgan fingerprint density at radius 2 is 1.90 bits per heavy atom. The van der Waals surface area contributed by atoms with Gasteiger partial charge in [-0.1, -0.05) is 12.1 Å². The standard InChI is InChI=1S/C17H19F2NO/c1-11-7-15(18)5-4-14(11)10-21-17-6-3-13(8-12(2)20)9-16(17)19/h3-7,9,12H,8,10,20H2,1-2H3. The van der Waals surface area contributed by atoms with Gasteiger partial charge in [-0.3, -0.25) is 0 Å². The van der Waals surface area contributed by atoms with Crippen LogP contribution >= 0.6 is 0 Å². The van der Waals surface area contributed by atoms with Crippen LogP contribution < -0.4 is 10.5 Å². The van der Waals surface area contributed by atoms with Gasteiger partial charge in [-0.2, -0.15) is 0 Å². The van der Waals surface area contributed by atoms with Crippen molar-refractivity contribution in [3.8, 4) is 5.75 Å². The van der Waals surface area contributed by atoms with Gasteiger partial charge >= 0.3 is 0 Å². The summed E-state index contributed by atoms with van der Waals surface area (Å²) in [7, 11) is 0. The Labute approximate surface area is 123 Å². The minimum Gasteiger partial charge on any atom is -0.486 e. The van der Waals surface area contributed by atoms with Gasteiger partial charge in [-0.15, -0.1) is 0 Å². The maximum atomic E-state index is 13.9. The van der Waals surface area contributed by atoms with E-state index in [1.807, 2.05) is 6.92 Å². The Hall–Kier alpha value is -1.94. The molecule has 0 aromatic heterocycles. The zero-order valence-corrected chi connectivity index (χ0v) is 12.2. The maximum Gasteiger partial charge on any atom is 0.165 e. The Kier molecular flexibility index (Phi) is 4.91. The molecule has 4 heteroatoms. The van der Waals surface area contributed by atoms with Crippen LogP contribution in [0.25, 0.3) is 0 Å². The van der Waals surface area contributed by atoms with E-state index in [4.69, 9.17) is 10.5 Å². The lowest BCUT2D eigenvalue weighted by atomic mass is 10.1. The number of halogens is 2. The molecule has 0 aliphatic rings. The molecule has 112 valence electrons. The van der Waals surface area contributed by atoms with E-state index in [1.165, 1.54) is 18.2 Å². The zero-order valence-electron chi connectivity index (χ0n) is 12.2. The first kappa shape index (κ1) is 15.4. The van der Waals surface area contributed by atoms with Gasteiger partial charge in [0.15, 0.2) is 11.6 Å². The molecule has 0 radical (unpaired) electrons. The number of hydrogen-bond acceptors (Lipinski definition) is 2. The first-order chi connectivity index (χ1) is 9.95. The predicted octanol–water partition coefficient (Wildman–Crippen LogP) is 3.74. The highest BCUT2D eigenvalue weighted by atomic mass is 19.1. The van der Waals surface area contributed by atoms with Crippen LogP contribution in [0.2, 0.25) is 0 Å². The van der Waals surface area contributed by atoms with Crippen molar-refractivity contribution in [3.05, 3.63) is 64.7 Å². The van der Waals surface area contributed by atoms with E-state index in [0.717, 1.165) is 16.7 Å². The second-order valence-corrected chi connectivity index (χ2v) is 5.31. The first-order valence-electron chi connectivity index (χ1n) is 6.87. The van der Waals surface area contributed by atoms with Gasteiger partial charge in [0.1, 0.15) is 12.4 Å². The van der Waals surface area contributed by atoms with E-state index in [0.29, 0.717) is 6.42 Å². The van der Waals surface area contributed by atoms with Gasteiger partial charge in [-0.25, -0.2) is 8.78 Å². The molecule has 0 amide bonds. The van der Waals surface area contributed by atoms with Crippen LogP contribution in [0.5, 0.6) is 5.75 Å². The van der Waals surface area contributed by atoms with Crippen LogP contribution in [0.4, 0.5) is 8.78 Å². The van der Waals surface area contributed by atoms with Crippen molar-refractivity contribution < 1.29 is 13.5 Å². The third kappa shape index (κ3) is 4.26. The highest BCUT2D eigenvalue weighted by Gasteiger charge is 2.08. The van der Waals surface area contributed by atoms with Crippen LogP contribution in [-0.4, -0.2) is 6.04 Å². The van der Waals surface area contributed by atoms with Crippen molar-refractivity contribution in [2.45, 2.75) is 32.9 Å². The van der Waals surface area contributed by atoms with Crippen LogP contribution in [-0.2, 0) is 13.0 Å². The summed E-state index contributed by atoms with van der Waals surface area (Å²) >= 11 is 0. The van der Waals surface area contributed by atoms with E-state index in [-0.39, 0.29) is 24.2 Å². The minimum absolute atomic E-state index is 0.0157. The molecule has 2 aromatic rings. The van der Waals surface area contributed by atoms with E-state index in [2.05, 4.69) is 0 Å². The van der Waals surface area contributed by atoms with Crippen LogP contribution in [0, 0.1) is 18.6 Å². The molecule has 1 unspecified atom stereocenters. The summed E-state index contributed by atoms with van der Waals surface area (Å²) in [5, 5.41) is 0. The van der Waals surface area contributed by atoms with Crippen molar-refractivity contribution in [1.29, 1.82) is 0 Å². The molecule has 0 saturated heterocycles. The molecule has 21 heavy (non-hydrogen) atoms. The molecular formula is C17H19F2NO. The summed E-state index contributed by atoms with van der Waals surface area (Å²) in [6, 6.07) is 9.28. The number of hydrogen-bond donors (Lipinski definition) is 1. The molecule has 0 spiro atoms. The largest absolute Gasteiger partial charge is 0.486 e.